The molecular weight excluding hydrogens is 361 g/mol. The second kappa shape index (κ2) is 7.70. The van der Waals surface area contributed by atoms with Crippen LogP contribution in [0, 0.1) is 17.7 Å². The molecule has 0 bridgehead atoms. The lowest BCUT2D eigenvalue weighted by Gasteiger charge is -2.23. The topological polar surface area (TPSA) is 84.2 Å². The molecule has 0 fully saturated rings. The Balaban J connectivity index is 1.70. The summed E-state index contributed by atoms with van der Waals surface area (Å²) in [6, 6.07) is 5.97. The summed E-state index contributed by atoms with van der Waals surface area (Å²) >= 11 is 6.13. The number of aliphatic carboxylic acids is 1. The number of halogens is 2. The van der Waals surface area contributed by atoms with Crippen LogP contribution >= 0.6 is 11.6 Å². The first-order valence-corrected chi connectivity index (χ1v) is 8.48. The van der Waals surface area contributed by atoms with Gasteiger partial charge in [-0.1, -0.05) is 35.9 Å². The summed E-state index contributed by atoms with van der Waals surface area (Å²) in [4.78, 5) is 23.8. The summed E-state index contributed by atoms with van der Waals surface area (Å²) in [5.74, 6) is -3.00. The van der Waals surface area contributed by atoms with Crippen molar-refractivity contribution >= 4 is 29.3 Å². The number of nitrogens with zero attached hydrogens (tertiary/aromatic N) is 2. The van der Waals surface area contributed by atoms with Gasteiger partial charge in [-0.05, 0) is 30.5 Å². The minimum absolute atomic E-state index is 0.178. The maximum atomic E-state index is 13.0. The average Bonchev–Trinajstić information content (AvgIpc) is 2.96. The number of nitrogens with one attached hydrogen (secondary N) is 1. The van der Waals surface area contributed by atoms with Crippen LogP contribution in [0.4, 0.5) is 10.2 Å². The number of benzene rings is 1. The van der Waals surface area contributed by atoms with Crippen molar-refractivity contribution in [2.24, 2.45) is 11.8 Å². The third-order valence-corrected chi connectivity index (χ3v) is 4.58. The van der Waals surface area contributed by atoms with E-state index in [-0.39, 0.29) is 16.7 Å². The van der Waals surface area contributed by atoms with E-state index in [0.717, 1.165) is 5.56 Å². The number of amides is 1. The van der Waals surface area contributed by atoms with E-state index in [0.29, 0.717) is 19.4 Å². The molecule has 3 rings (SSSR count). The normalized spacial score (nSPS) is 19.3. The van der Waals surface area contributed by atoms with Gasteiger partial charge in [0.1, 0.15) is 10.8 Å². The van der Waals surface area contributed by atoms with Crippen molar-refractivity contribution in [2.75, 3.05) is 5.32 Å². The molecule has 0 spiro atoms. The molecule has 2 atom stereocenters. The Morgan fingerprint density at radius 2 is 1.88 bits per heavy atom. The molecule has 0 radical (unpaired) electrons. The zero-order valence-corrected chi connectivity index (χ0v) is 14.5. The van der Waals surface area contributed by atoms with E-state index in [2.05, 4.69) is 10.4 Å². The predicted octanol–water partition coefficient (Wildman–Crippen LogP) is 3.33. The molecule has 136 valence electrons. The Morgan fingerprint density at radius 1 is 1.23 bits per heavy atom. The number of rotatable bonds is 5. The fourth-order valence-electron chi connectivity index (χ4n) is 2.93. The smallest absolute Gasteiger partial charge is 0.307 e. The largest absolute Gasteiger partial charge is 0.481 e. The van der Waals surface area contributed by atoms with E-state index in [4.69, 9.17) is 11.6 Å². The molecule has 2 aromatic rings. The molecule has 26 heavy (non-hydrogen) atoms. The summed E-state index contributed by atoms with van der Waals surface area (Å²) in [5, 5.41) is 16.4. The second-order valence-electron chi connectivity index (χ2n) is 6.13. The third kappa shape index (κ3) is 4.11. The maximum Gasteiger partial charge on any atom is 0.307 e. The SMILES string of the molecule is O=C(O)[C@H]1CC=CC[C@@H]1C(=O)Nc1nn(Cc2ccc(F)cc2)cc1Cl. The highest BCUT2D eigenvalue weighted by Gasteiger charge is 2.34. The van der Waals surface area contributed by atoms with E-state index in [1.807, 2.05) is 0 Å². The van der Waals surface area contributed by atoms with Gasteiger partial charge in [-0.3, -0.25) is 14.3 Å². The number of carboxylic acids is 1. The molecule has 1 aromatic heterocycles. The number of anilines is 1. The highest BCUT2D eigenvalue weighted by Crippen LogP contribution is 2.28. The summed E-state index contributed by atoms with van der Waals surface area (Å²) in [6.07, 6.45) is 5.80. The summed E-state index contributed by atoms with van der Waals surface area (Å²) in [5.41, 5.74) is 0.826. The van der Waals surface area contributed by atoms with Gasteiger partial charge >= 0.3 is 5.97 Å². The van der Waals surface area contributed by atoms with Gasteiger partial charge in [-0.15, -0.1) is 0 Å². The van der Waals surface area contributed by atoms with Gasteiger partial charge in [0.25, 0.3) is 0 Å². The lowest BCUT2D eigenvalue weighted by atomic mass is 9.82. The highest BCUT2D eigenvalue weighted by atomic mass is 35.5. The van der Waals surface area contributed by atoms with Gasteiger partial charge in [-0.2, -0.15) is 5.10 Å². The van der Waals surface area contributed by atoms with Crippen LogP contribution in [-0.4, -0.2) is 26.8 Å². The Hall–Kier alpha value is -2.67. The average molecular weight is 378 g/mol. The molecule has 0 aliphatic heterocycles. The van der Waals surface area contributed by atoms with Crippen molar-refractivity contribution in [3.8, 4) is 0 Å². The van der Waals surface area contributed by atoms with Crippen molar-refractivity contribution in [2.45, 2.75) is 19.4 Å². The van der Waals surface area contributed by atoms with Crippen LogP contribution in [0.25, 0.3) is 0 Å². The number of allylic oxidation sites excluding steroid dienone is 2. The molecule has 6 nitrogen and oxygen atoms in total. The highest BCUT2D eigenvalue weighted by molar-refractivity contribution is 6.33. The monoisotopic (exact) mass is 377 g/mol. The maximum absolute atomic E-state index is 13.0. The van der Waals surface area contributed by atoms with Gasteiger partial charge in [0, 0.05) is 6.20 Å². The lowest BCUT2D eigenvalue weighted by Crippen LogP contribution is -2.34. The molecule has 0 unspecified atom stereocenters. The summed E-state index contributed by atoms with van der Waals surface area (Å²) in [6.45, 7) is 0.361. The van der Waals surface area contributed by atoms with Gasteiger partial charge in [0.15, 0.2) is 5.82 Å². The number of hydrogen-bond donors (Lipinski definition) is 2. The van der Waals surface area contributed by atoms with Crippen molar-refractivity contribution in [3.63, 3.8) is 0 Å². The van der Waals surface area contributed by atoms with Crippen molar-refractivity contribution in [1.29, 1.82) is 0 Å². The Bertz CT molecular complexity index is 848. The Labute approximate surface area is 154 Å². The molecule has 1 aliphatic carbocycles. The Kier molecular flexibility index (Phi) is 5.37. The van der Waals surface area contributed by atoms with Crippen LogP contribution in [0.5, 0.6) is 0 Å². The first kappa shape index (κ1) is 18.1. The van der Waals surface area contributed by atoms with Crippen LogP contribution in [0.1, 0.15) is 18.4 Å². The first-order chi connectivity index (χ1) is 12.4. The van der Waals surface area contributed by atoms with Crippen molar-refractivity contribution in [1.82, 2.24) is 9.78 Å². The molecule has 1 heterocycles. The zero-order valence-electron chi connectivity index (χ0n) is 13.7. The second-order valence-corrected chi connectivity index (χ2v) is 6.54. The summed E-state index contributed by atoms with van der Waals surface area (Å²) < 4.78 is 14.5. The fraction of sp³-hybridized carbons (Fsp3) is 0.278. The lowest BCUT2D eigenvalue weighted by molar-refractivity contribution is -0.146. The van der Waals surface area contributed by atoms with Crippen LogP contribution < -0.4 is 5.32 Å². The van der Waals surface area contributed by atoms with Crippen LogP contribution in [0.3, 0.4) is 0 Å². The molecule has 0 saturated heterocycles. The van der Waals surface area contributed by atoms with Crippen LogP contribution in [0.15, 0.2) is 42.6 Å². The number of carbonyl (C=O) groups excluding carboxylic acids is 1. The van der Waals surface area contributed by atoms with E-state index in [1.54, 1.807) is 30.5 Å². The number of carbonyl (C=O) groups is 2. The van der Waals surface area contributed by atoms with Gasteiger partial charge in [-0.25, -0.2) is 4.39 Å². The molecule has 2 N–H and O–H groups in total. The molecule has 1 aromatic carbocycles. The zero-order chi connectivity index (χ0) is 18.7. The molecule has 8 heteroatoms. The minimum Gasteiger partial charge on any atom is -0.481 e. The van der Waals surface area contributed by atoms with E-state index in [9.17, 15) is 19.1 Å². The quantitative estimate of drug-likeness (QED) is 0.783. The van der Waals surface area contributed by atoms with Crippen LogP contribution in [-0.2, 0) is 16.1 Å². The number of hydrogen-bond acceptors (Lipinski definition) is 3. The molecule has 1 amide bonds. The van der Waals surface area contributed by atoms with Gasteiger partial charge in [0.2, 0.25) is 5.91 Å². The van der Waals surface area contributed by atoms with Crippen molar-refractivity contribution in [3.05, 3.63) is 59.0 Å². The third-order valence-electron chi connectivity index (χ3n) is 4.30. The van der Waals surface area contributed by atoms with Gasteiger partial charge < -0.3 is 10.4 Å². The number of carboxylic acid groups (broad SMARTS) is 1. The van der Waals surface area contributed by atoms with Crippen molar-refractivity contribution < 1.29 is 19.1 Å². The van der Waals surface area contributed by atoms with E-state index in [1.165, 1.54) is 16.8 Å². The van der Waals surface area contributed by atoms with Gasteiger partial charge in [0.05, 0.1) is 18.4 Å². The number of aromatic nitrogens is 2. The summed E-state index contributed by atoms with van der Waals surface area (Å²) in [7, 11) is 0. The first-order valence-electron chi connectivity index (χ1n) is 8.10. The standard InChI is InChI=1S/C18H17ClFN3O3/c19-15-10-23(9-11-5-7-12(20)8-6-11)22-16(15)21-17(24)13-3-1-2-4-14(13)18(25)26/h1-2,5-8,10,13-14H,3-4,9H2,(H,25,26)(H,21,22,24)/t13-,14-/m0/s1. The molecule has 1 aliphatic rings. The minimum atomic E-state index is -0.998. The van der Waals surface area contributed by atoms with E-state index < -0.39 is 23.7 Å². The predicted molar refractivity (Wildman–Crippen MR) is 94.4 cm³/mol. The molecular formula is C18H17ClFN3O3. The molecule has 0 saturated carbocycles. The van der Waals surface area contributed by atoms with E-state index >= 15 is 0 Å². The van der Waals surface area contributed by atoms with Crippen LogP contribution in [0.2, 0.25) is 5.02 Å². The Morgan fingerprint density at radius 3 is 2.54 bits per heavy atom. The fourth-order valence-corrected chi connectivity index (χ4v) is 3.12.